The second-order valence-corrected chi connectivity index (χ2v) is 8.53. The summed E-state index contributed by atoms with van der Waals surface area (Å²) in [5.41, 5.74) is -0.801. The van der Waals surface area contributed by atoms with E-state index in [2.05, 4.69) is 16.0 Å². The standard InChI is InChI=1S/C19H28ClN3O4/c1-11(2)19(6,10-15(24)25)22-16(26)13-9-12(7-8-14(13)20)21-17(27)23-18(3,4)5/h7-9,11H,10H2,1-6H3,(H,22,26)(H,24,25)(H2,21,23,27). The smallest absolute Gasteiger partial charge is 0.319 e. The van der Waals surface area contributed by atoms with E-state index in [1.807, 2.05) is 34.6 Å². The third-order valence-corrected chi connectivity index (χ3v) is 4.48. The van der Waals surface area contributed by atoms with Gasteiger partial charge in [0.1, 0.15) is 0 Å². The van der Waals surface area contributed by atoms with E-state index >= 15 is 0 Å². The van der Waals surface area contributed by atoms with Gasteiger partial charge in [0.15, 0.2) is 0 Å². The molecule has 27 heavy (non-hydrogen) atoms. The van der Waals surface area contributed by atoms with Gasteiger partial charge in [-0.15, -0.1) is 0 Å². The number of carbonyl (C=O) groups excluding carboxylic acids is 2. The minimum Gasteiger partial charge on any atom is -0.481 e. The van der Waals surface area contributed by atoms with Gasteiger partial charge in [0.25, 0.3) is 5.91 Å². The maximum Gasteiger partial charge on any atom is 0.319 e. The summed E-state index contributed by atoms with van der Waals surface area (Å²) in [7, 11) is 0. The summed E-state index contributed by atoms with van der Waals surface area (Å²) in [4.78, 5) is 35.9. The molecule has 3 amide bonds. The van der Waals surface area contributed by atoms with Gasteiger partial charge < -0.3 is 21.1 Å². The Kier molecular flexibility index (Phi) is 7.25. The molecule has 1 rings (SSSR count). The number of hydrogen-bond donors (Lipinski definition) is 4. The molecule has 0 radical (unpaired) electrons. The van der Waals surface area contributed by atoms with Crippen LogP contribution in [0.2, 0.25) is 5.02 Å². The van der Waals surface area contributed by atoms with Crippen molar-refractivity contribution >= 4 is 35.2 Å². The lowest BCUT2D eigenvalue weighted by Gasteiger charge is -2.33. The number of anilines is 1. The highest BCUT2D eigenvalue weighted by Crippen LogP contribution is 2.25. The van der Waals surface area contributed by atoms with Crippen LogP contribution in [0.5, 0.6) is 0 Å². The summed E-state index contributed by atoms with van der Waals surface area (Å²) in [6, 6.07) is 4.14. The highest BCUT2D eigenvalue weighted by Gasteiger charge is 2.33. The fourth-order valence-corrected chi connectivity index (χ4v) is 2.52. The molecule has 0 fully saturated rings. The average molecular weight is 398 g/mol. The molecule has 4 N–H and O–H groups in total. The van der Waals surface area contributed by atoms with E-state index in [1.165, 1.54) is 12.1 Å². The van der Waals surface area contributed by atoms with Gasteiger partial charge in [0, 0.05) is 11.2 Å². The third kappa shape index (κ3) is 7.09. The maximum atomic E-state index is 12.7. The van der Waals surface area contributed by atoms with E-state index in [9.17, 15) is 14.4 Å². The quantitative estimate of drug-likeness (QED) is 0.584. The molecule has 150 valence electrons. The lowest BCUT2D eigenvalue weighted by molar-refractivity contribution is -0.138. The molecule has 0 spiro atoms. The van der Waals surface area contributed by atoms with Crippen molar-refractivity contribution in [3.63, 3.8) is 0 Å². The first-order chi connectivity index (χ1) is 12.2. The normalized spacial score (nSPS) is 13.6. The minimum absolute atomic E-state index is 0.116. The summed E-state index contributed by atoms with van der Waals surface area (Å²) in [6.07, 6.45) is -0.222. The summed E-state index contributed by atoms with van der Waals surface area (Å²) in [5.74, 6) is -1.63. The Balaban J connectivity index is 3.03. The van der Waals surface area contributed by atoms with Gasteiger partial charge in [0.2, 0.25) is 0 Å². The number of nitrogens with one attached hydrogen (secondary N) is 3. The second kappa shape index (κ2) is 8.61. The van der Waals surface area contributed by atoms with Crippen LogP contribution < -0.4 is 16.0 Å². The van der Waals surface area contributed by atoms with E-state index < -0.39 is 29.0 Å². The number of carboxylic acids is 1. The number of carboxylic acid groups (broad SMARTS) is 1. The third-order valence-electron chi connectivity index (χ3n) is 4.15. The monoisotopic (exact) mass is 397 g/mol. The molecule has 1 unspecified atom stereocenters. The van der Waals surface area contributed by atoms with Crippen molar-refractivity contribution < 1.29 is 19.5 Å². The zero-order chi connectivity index (χ0) is 21.0. The van der Waals surface area contributed by atoms with Gasteiger partial charge in [0.05, 0.1) is 22.5 Å². The number of urea groups is 1. The van der Waals surface area contributed by atoms with Crippen molar-refractivity contribution in [3.05, 3.63) is 28.8 Å². The molecule has 7 nitrogen and oxygen atoms in total. The molecule has 0 heterocycles. The SMILES string of the molecule is CC(C)C(C)(CC(=O)O)NC(=O)c1cc(NC(=O)NC(C)(C)C)ccc1Cl. The molecule has 1 aromatic rings. The molecule has 8 heteroatoms. The van der Waals surface area contributed by atoms with E-state index in [4.69, 9.17) is 16.7 Å². The molecule has 0 saturated carbocycles. The van der Waals surface area contributed by atoms with Crippen molar-refractivity contribution in [2.24, 2.45) is 5.92 Å². The van der Waals surface area contributed by atoms with Crippen LogP contribution in [0.25, 0.3) is 0 Å². The zero-order valence-corrected chi connectivity index (χ0v) is 17.3. The van der Waals surface area contributed by atoms with E-state index in [-0.39, 0.29) is 22.9 Å². The van der Waals surface area contributed by atoms with Crippen LogP contribution in [-0.4, -0.2) is 34.1 Å². The number of carbonyl (C=O) groups is 3. The van der Waals surface area contributed by atoms with Crippen molar-refractivity contribution in [1.29, 1.82) is 0 Å². The van der Waals surface area contributed by atoms with Crippen LogP contribution in [-0.2, 0) is 4.79 Å². The Labute approximate surface area is 164 Å². The molecule has 0 aliphatic rings. The van der Waals surface area contributed by atoms with E-state index in [0.29, 0.717) is 5.69 Å². The van der Waals surface area contributed by atoms with Crippen molar-refractivity contribution in [2.45, 2.75) is 59.0 Å². The Hall–Kier alpha value is -2.28. The molecule has 0 bridgehead atoms. The molecular formula is C19H28ClN3O4. The van der Waals surface area contributed by atoms with Crippen LogP contribution >= 0.6 is 11.6 Å². The number of aliphatic carboxylic acids is 1. The highest BCUT2D eigenvalue weighted by atomic mass is 35.5. The van der Waals surface area contributed by atoms with Gasteiger partial charge in [-0.1, -0.05) is 25.4 Å². The predicted molar refractivity (Wildman–Crippen MR) is 106 cm³/mol. The number of rotatable bonds is 6. The molecule has 1 atom stereocenters. The second-order valence-electron chi connectivity index (χ2n) is 8.12. The fourth-order valence-electron chi connectivity index (χ4n) is 2.31. The van der Waals surface area contributed by atoms with Crippen LogP contribution in [0.1, 0.15) is 58.3 Å². The molecule has 0 aliphatic heterocycles. The molecule has 0 aromatic heterocycles. The fraction of sp³-hybridized carbons (Fsp3) is 0.526. The number of amides is 3. The lowest BCUT2D eigenvalue weighted by atomic mass is 9.85. The van der Waals surface area contributed by atoms with Crippen LogP contribution in [0.15, 0.2) is 18.2 Å². The Morgan fingerprint density at radius 1 is 1.11 bits per heavy atom. The number of hydrogen-bond acceptors (Lipinski definition) is 3. The summed E-state index contributed by atoms with van der Waals surface area (Å²) >= 11 is 6.14. The lowest BCUT2D eigenvalue weighted by Crippen LogP contribution is -2.51. The van der Waals surface area contributed by atoms with Crippen molar-refractivity contribution in [1.82, 2.24) is 10.6 Å². The van der Waals surface area contributed by atoms with Gasteiger partial charge in [-0.25, -0.2) is 4.79 Å². The minimum atomic E-state index is -1.01. The van der Waals surface area contributed by atoms with Gasteiger partial charge in [-0.2, -0.15) is 0 Å². The van der Waals surface area contributed by atoms with Crippen molar-refractivity contribution in [3.8, 4) is 0 Å². The van der Waals surface area contributed by atoms with Crippen LogP contribution in [0.4, 0.5) is 10.5 Å². The molecule has 0 aliphatic carbocycles. The van der Waals surface area contributed by atoms with Crippen LogP contribution in [0, 0.1) is 5.92 Å². The van der Waals surface area contributed by atoms with Crippen LogP contribution in [0.3, 0.4) is 0 Å². The Morgan fingerprint density at radius 2 is 1.70 bits per heavy atom. The van der Waals surface area contributed by atoms with E-state index in [1.54, 1.807) is 13.0 Å². The number of halogens is 1. The highest BCUT2D eigenvalue weighted by molar-refractivity contribution is 6.34. The Morgan fingerprint density at radius 3 is 2.19 bits per heavy atom. The summed E-state index contributed by atoms with van der Waals surface area (Å²) in [6.45, 7) is 10.9. The topological polar surface area (TPSA) is 108 Å². The maximum absolute atomic E-state index is 12.7. The molecule has 0 saturated heterocycles. The molecule has 1 aromatic carbocycles. The van der Waals surface area contributed by atoms with E-state index in [0.717, 1.165) is 0 Å². The number of benzene rings is 1. The predicted octanol–water partition coefficient (Wildman–Crippen LogP) is 3.88. The first-order valence-corrected chi connectivity index (χ1v) is 9.04. The summed E-state index contributed by atoms with van der Waals surface area (Å²) in [5, 5.41) is 17.5. The average Bonchev–Trinajstić information content (AvgIpc) is 2.46. The van der Waals surface area contributed by atoms with Gasteiger partial charge in [-0.05, 0) is 51.8 Å². The zero-order valence-electron chi connectivity index (χ0n) is 16.6. The van der Waals surface area contributed by atoms with Gasteiger partial charge >= 0.3 is 12.0 Å². The summed E-state index contributed by atoms with van der Waals surface area (Å²) < 4.78 is 0. The van der Waals surface area contributed by atoms with Crippen molar-refractivity contribution in [2.75, 3.05) is 5.32 Å². The Bertz CT molecular complexity index is 728. The largest absolute Gasteiger partial charge is 0.481 e. The molecular weight excluding hydrogens is 370 g/mol. The first-order valence-electron chi connectivity index (χ1n) is 8.66. The van der Waals surface area contributed by atoms with Gasteiger partial charge in [-0.3, -0.25) is 9.59 Å². The first kappa shape index (κ1) is 22.8.